The Kier molecular flexibility index (Phi) is 2.63. The van der Waals surface area contributed by atoms with Crippen molar-refractivity contribution in [1.82, 2.24) is 0 Å². The van der Waals surface area contributed by atoms with Gasteiger partial charge in [-0.1, -0.05) is 36.4 Å². The Morgan fingerprint density at radius 1 is 1.05 bits per heavy atom. The molecule has 19 heavy (non-hydrogen) atoms. The molecular formula is C16H13FO2. The van der Waals surface area contributed by atoms with E-state index in [2.05, 4.69) is 0 Å². The molecule has 0 spiro atoms. The molecule has 0 amide bonds. The molecule has 1 aliphatic rings. The minimum atomic E-state index is -0.758. The van der Waals surface area contributed by atoms with Crippen LogP contribution in [0.2, 0.25) is 0 Å². The predicted octanol–water partition coefficient (Wildman–Crippen LogP) is 3.61. The van der Waals surface area contributed by atoms with Crippen LogP contribution in [-0.2, 0) is 10.2 Å². The van der Waals surface area contributed by atoms with Gasteiger partial charge in [-0.25, -0.2) is 4.39 Å². The van der Waals surface area contributed by atoms with Crippen molar-refractivity contribution in [2.75, 3.05) is 0 Å². The van der Waals surface area contributed by atoms with Crippen LogP contribution in [0.5, 0.6) is 0 Å². The topological polar surface area (TPSA) is 37.3 Å². The molecule has 0 atom stereocenters. The smallest absolute Gasteiger partial charge is 0.314 e. The Balaban J connectivity index is 1.94. The number of aliphatic carboxylic acids is 1. The van der Waals surface area contributed by atoms with E-state index >= 15 is 0 Å². The highest BCUT2D eigenvalue weighted by molar-refractivity contribution is 5.85. The molecule has 2 aromatic rings. The van der Waals surface area contributed by atoms with Crippen molar-refractivity contribution in [2.24, 2.45) is 0 Å². The molecular weight excluding hydrogens is 243 g/mol. The molecule has 0 saturated heterocycles. The lowest BCUT2D eigenvalue weighted by Gasteiger charge is -2.11. The second-order valence-electron chi connectivity index (χ2n) is 4.97. The van der Waals surface area contributed by atoms with Gasteiger partial charge in [-0.2, -0.15) is 0 Å². The lowest BCUT2D eigenvalue weighted by molar-refractivity contribution is -0.140. The van der Waals surface area contributed by atoms with E-state index in [9.17, 15) is 14.3 Å². The molecule has 0 unspecified atom stereocenters. The Morgan fingerprint density at radius 2 is 1.74 bits per heavy atom. The van der Waals surface area contributed by atoms with E-state index in [-0.39, 0.29) is 5.82 Å². The van der Waals surface area contributed by atoms with Gasteiger partial charge >= 0.3 is 5.97 Å². The maximum Gasteiger partial charge on any atom is 0.314 e. The van der Waals surface area contributed by atoms with Crippen LogP contribution in [-0.4, -0.2) is 11.1 Å². The summed E-state index contributed by atoms with van der Waals surface area (Å²) in [6, 6.07) is 13.8. The van der Waals surface area contributed by atoms with E-state index in [0.717, 1.165) is 16.7 Å². The summed E-state index contributed by atoms with van der Waals surface area (Å²) < 4.78 is 13.2. The number of rotatable bonds is 3. The highest BCUT2D eigenvalue weighted by Gasteiger charge is 2.51. The molecule has 2 nitrogen and oxygen atoms in total. The third-order valence-electron chi connectivity index (χ3n) is 3.75. The third kappa shape index (κ3) is 2.01. The fourth-order valence-electron chi connectivity index (χ4n) is 2.40. The average Bonchev–Trinajstić information content (AvgIpc) is 3.20. The second-order valence-corrected chi connectivity index (χ2v) is 4.97. The zero-order valence-corrected chi connectivity index (χ0v) is 10.3. The Labute approximate surface area is 110 Å². The van der Waals surface area contributed by atoms with Crippen molar-refractivity contribution in [3.63, 3.8) is 0 Å². The van der Waals surface area contributed by atoms with Crippen molar-refractivity contribution < 1.29 is 14.3 Å². The zero-order valence-electron chi connectivity index (χ0n) is 10.3. The SMILES string of the molecule is O=C(O)C1(c2ccc(-c3cccc(F)c3)cc2)CC1. The second kappa shape index (κ2) is 4.19. The van der Waals surface area contributed by atoms with Gasteiger partial charge in [0.1, 0.15) is 5.82 Å². The molecule has 1 fully saturated rings. The lowest BCUT2D eigenvalue weighted by atomic mass is 9.94. The van der Waals surface area contributed by atoms with E-state index in [1.165, 1.54) is 12.1 Å². The molecule has 0 bridgehead atoms. The van der Waals surface area contributed by atoms with Crippen LogP contribution in [0.4, 0.5) is 4.39 Å². The number of hydrogen-bond donors (Lipinski definition) is 1. The highest BCUT2D eigenvalue weighted by atomic mass is 19.1. The summed E-state index contributed by atoms with van der Waals surface area (Å²) in [5.41, 5.74) is 1.84. The number of halogens is 1. The zero-order chi connectivity index (χ0) is 13.5. The third-order valence-corrected chi connectivity index (χ3v) is 3.75. The van der Waals surface area contributed by atoms with Gasteiger partial charge in [-0.3, -0.25) is 4.79 Å². The molecule has 96 valence electrons. The van der Waals surface area contributed by atoms with E-state index in [1.807, 2.05) is 30.3 Å². The summed E-state index contributed by atoms with van der Waals surface area (Å²) >= 11 is 0. The van der Waals surface area contributed by atoms with Crippen LogP contribution in [0.15, 0.2) is 48.5 Å². The summed E-state index contributed by atoms with van der Waals surface area (Å²) in [6.45, 7) is 0. The standard InChI is InChI=1S/C16H13FO2/c17-14-3-1-2-12(10-14)11-4-6-13(7-5-11)16(8-9-16)15(18)19/h1-7,10H,8-9H2,(H,18,19). The number of carboxylic acids is 1. The number of carboxylic acid groups (broad SMARTS) is 1. The number of carbonyl (C=O) groups is 1. The molecule has 3 rings (SSSR count). The van der Waals surface area contributed by atoms with Crippen molar-refractivity contribution >= 4 is 5.97 Å². The molecule has 0 aromatic heterocycles. The predicted molar refractivity (Wildman–Crippen MR) is 70.4 cm³/mol. The normalized spacial score (nSPS) is 16.1. The first-order valence-corrected chi connectivity index (χ1v) is 6.22. The van der Waals surface area contributed by atoms with Gasteiger partial charge in [0.25, 0.3) is 0 Å². The van der Waals surface area contributed by atoms with Gasteiger partial charge in [0.2, 0.25) is 0 Å². The average molecular weight is 256 g/mol. The van der Waals surface area contributed by atoms with Crippen LogP contribution in [0.3, 0.4) is 0 Å². The quantitative estimate of drug-likeness (QED) is 0.910. The van der Waals surface area contributed by atoms with Crippen LogP contribution < -0.4 is 0 Å². The first kappa shape index (κ1) is 11.9. The van der Waals surface area contributed by atoms with Crippen LogP contribution in [0, 0.1) is 5.82 Å². The minimum absolute atomic E-state index is 0.272. The molecule has 1 N–H and O–H groups in total. The van der Waals surface area contributed by atoms with E-state index in [1.54, 1.807) is 6.07 Å². The van der Waals surface area contributed by atoms with Crippen LogP contribution in [0.25, 0.3) is 11.1 Å². The number of benzene rings is 2. The minimum Gasteiger partial charge on any atom is -0.481 e. The molecule has 0 radical (unpaired) electrons. The van der Waals surface area contributed by atoms with Crippen molar-refractivity contribution in [2.45, 2.75) is 18.3 Å². The summed E-state index contributed by atoms with van der Waals surface area (Å²) in [5.74, 6) is -1.03. The van der Waals surface area contributed by atoms with Gasteiger partial charge in [0.15, 0.2) is 0 Å². The Bertz CT molecular complexity index is 627. The number of hydrogen-bond acceptors (Lipinski definition) is 1. The van der Waals surface area contributed by atoms with Crippen LogP contribution >= 0.6 is 0 Å². The van der Waals surface area contributed by atoms with Gasteiger partial charge in [0, 0.05) is 0 Å². The summed E-state index contributed by atoms with van der Waals surface area (Å²) in [5, 5.41) is 9.23. The van der Waals surface area contributed by atoms with Gasteiger partial charge in [-0.05, 0) is 41.7 Å². The Hall–Kier alpha value is -2.16. The van der Waals surface area contributed by atoms with Crippen LogP contribution in [0.1, 0.15) is 18.4 Å². The summed E-state index contributed by atoms with van der Waals surface area (Å²) in [4.78, 5) is 11.2. The molecule has 3 heteroatoms. The monoisotopic (exact) mass is 256 g/mol. The summed E-state index contributed by atoms with van der Waals surface area (Å²) in [6.07, 6.45) is 1.39. The van der Waals surface area contributed by atoms with Crippen molar-refractivity contribution in [3.05, 3.63) is 59.9 Å². The fraction of sp³-hybridized carbons (Fsp3) is 0.188. The maximum absolute atomic E-state index is 13.2. The fourth-order valence-corrected chi connectivity index (χ4v) is 2.40. The maximum atomic E-state index is 13.2. The van der Waals surface area contributed by atoms with E-state index in [0.29, 0.717) is 12.8 Å². The summed E-state index contributed by atoms with van der Waals surface area (Å²) in [7, 11) is 0. The van der Waals surface area contributed by atoms with Gasteiger partial charge < -0.3 is 5.11 Å². The van der Waals surface area contributed by atoms with Crippen molar-refractivity contribution in [1.29, 1.82) is 0 Å². The highest BCUT2D eigenvalue weighted by Crippen LogP contribution is 2.48. The first-order chi connectivity index (χ1) is 9.12. The Morgan fingerprint density at radius 3 is 2.26 bits per heavy atom. The molecule has 0 heterocycles. The molecule has 1 saturated carbocycles. The largest absolute Gasteiger partial charge is 0.481 e. The molecule has 1 aliphatic carbocycles. The first-order valence-electron chi connectivity index (χ1n) is 6.22. The molecule has 0 aliphatic heterocycles. The molecule has 2 aromatic carbocycles. The van der Waals surface area contributed by atoms with Gasteiger partial charge in [0.05, 0.1) is 5.41 Å². The van der Waals surface area contributed by atoms with Gasteiger partial charge in [-0.15, -0.1) is 0 Å². The lowest BCUT2D eigenvalue weighted by Crippen LogP contribution is -2.19. The van der Waals surface area contributed by atoms with E-state index < -0.39 is 11.4 Å². The van der Waals surface area contributed by atoms with E-state index in [4.69, 9.17) is 0 Å². The van der Waals surface area contributed by atoms with Crippen molar-refractivity contribution in [3.8, 4) is 11.1 Å².